The van der Waals surface area contributed by atoms with Crippen molar-refractivity contribution in [2.45, 2.75) is 32.4 Å². The molecule has 5 nitrogen and oxygen atoms in total. The zero-order chi connectivity index (χ0) is 16.3. The van der Waals surface area contributed by atoms with Crippen molar-refractivity contribution in [2.24, 2.45) is 5.92 Å². The van der Waals surface area contributed by atoms with Gasteiger partial charge in [-0.15, -0.1) is 0 Å². The van der Waals surface area contributed by atoms with Crippen molar-refractivity contribution < 1.29 is 9.59 Å². The van der Waals surface area contributed by atoms with E-state index in [1.54, 1.807) is 16.2 Å². The van der Waals surface area contributed by atoms with Gasteiger partial charge in [0.1, 0.15) is 0 Å². The first-order chi connectivity index (χ1) is 10.4. The van der Waals surface area contributed by atoms with E-state index in [1.165, 1.54) is 5.56 Å². The molecule has 2 amide bonds. The van der Waals surface area contributed by atoms with Gasteiger partial charge in [0.25, 0.3) is 0 Å². The number of rotatable bonds is 6. The van der Waals surface area contributed by atoms with Crippen molar-refractivity contribution in [3.8, 4) is 0 Å². The van der Waals surface area contributed by atoms with E-state index in [0.717, 1.165) is 0 Å². The van der Waals surface area contributed by atoms with Gasteiger partial charge in [-0.3, -0.25) is 9.59 Å². The lowest BCUT2D eigenvalue weighted by Crippen LogP contribution is -2.39. The number of likely N-dealkylation sites (tertiary alicyclic amines) is 1. The van der Waals surface area contributed by atoms with E-state index in [-0.39, 0.29) is 29.8 Å². The van der Waals surface area contributed by atoms with Gasteiger partial charge in [0, 0.05) is 25.6 Å². The third-order valence-electron chi connectivity index (χ3n) is 4.17. The zero-order valence-electron chi connectivity index (χ0n) is 13.7. The van der Waals surface area contributed by atoms with Crippen molar-refractivity contribution >= 4 is 23.2 Å². The summed E-state index contributed by atoms with van der Waals surface area (Å²) in [6, 6.07) is 2.40. The van der Waals surface area contributed by atoms with Gasteiger partial charge < -0.3 is 15.1 Å². The molecule has 2 rings (SSSR count). The standard InChI is InChI=1S/C16H25N3O2S/c1-11(2)19-9-13(7-15(19)20)16(21)17-8-14(18(3)4)12-5-6-22-10-12/h5-6,10-11,13-14H,7-9H2,1-4H3,(H,17,21)/t13-,14+/m0/s1. The third kappa shape index (κ3) is 3.87. The summed E-state index contributed by atoms with van der Waals surface area (Å²) in [4.78, 5) is 28.1. The molecule has 1 aromatic heterocycles. The average molecular weight is 323 g/mol. The molecule has 1 fully saturated rings. The highest BCUT2D eigenvalue weighted by molar-refractivity contribution is 7.07. The molecule has 0 aromatic carbocycles. The molecule has 2 atom stereocenters. The van der Waals surface area contributed by atoms with Crippen LogP contribution in [-0.2, 0) is 9.59 Å². The zero-order valence-corrected chi connectivity index (χ0v) is 14.5. The number of carbonyl (C=O) groups is 2. The number of carbonyl (C=O) groups excluding carboxylic acids is 2. The first kappa shape index (κ1) is 17.0. The minimum Gasteiger partial charge on any atom is -0.354 e. The predicted molar refractivity (Wildman–Crippen MR) is 88.7 cm³/mol. The quantitative estimate of drug-likeness (QED) is 0.867. The Morgan fingerprint density at radius 1 is 1.50 bits per heavy atom. The van der Waals surface area contributed by atoms with Crippen LogP contribution in [0.5, 0.6) is 0 Å². The Hall–Kier alpha value is -1.40. The number of hydrogen-bond acceptors (Lipinski definition) is 4. The largest absolute Gasteiger partial charge is 0.354 e. The molecule has 1 aliphatic heterocycles. The van der Waals surface area contributed by atoms with Gasteiger partial charge in [-0.05, 0) is 50.3 Å². The van der Waals surface area contributed by atoms with Crippen LogP contribution in [0.3, 0.4) is 0 Å². The molecule has 0 radical (unpaired) electrons. The summed E-state index contributed by atoms with van der Waals surface area (Å²) in [5.41, 5.74) is 1.21. The van der Waals surface area contributed by atoms with E-state index >= 15 is 0 Å². The molecule has 1 aliphatic rings. The number of nitrogens with one attached hydrogen (secondary N) is 1. The third-order valence-corrected chi connectivity index (χ3v) is 4.87. The van der Waals surface area contributed by atoms with E-state index in [4.69, 9.17) is 0 Å². The fourth-order valence-corrected chi connectivity index (χ4v) is 3.52. The van der Waals surface area contributed by atoms with Crippen molar-refractivity contribution in [1.82, 2.24) is 15.1 Å². The van der Waals surface area contributed by atoms with Gasteiger partial charge in [-0.25, -0.2) is 0 Å². The normalized spacial score (nSPS) is 20.0. The molecule has 2 heterocycles. The van der Waals surface area contributed by atoms with Crippen LogP contribution in [0.2, 0.25) is 0 Å². The molecule has 1 saturated heterocycles. The van der Waals surface area contributed by atoms with Crippen molar-refractivity contribution in [3.05, 3.63) is 22.4 Å². The van der Waals surface area contributed by atoms with Crippen LogP contribution < -0.4 is 5.32 Å². The number of amides is 2. The summed E-state index contributed by atoms with van der Waals surface area (Å²) in [5, 5.41) is 7.17. The summed E-state index contributed by atoms with van der Waals surface area (Å²) >= 11 is 1.66. The average Bonchev–Trinajstić information content (AvgIpc) is 3.07. The highest BCUT2D eigenvalue weighted by Gasteiger charge is 2.35. The highest BCUT2D eigenvalue weighted by atomic mass is 32.1. The molecule has 0 bridgehead atoms. The van der Waals surface area contributed by atoms with Crippen LogP contribution in [0.25, 0.3) is 0 Å². The van der Waals surface area contributed by atoms with E-state index in [2.05, 4.69) is 21.7 Å². The van der Waals surface area contributed by atoms with Crippen LogP contribution in [0.15, 0.2) is 16.8 Å². The van der Waals surface area contributed by atoms with Crippen LogP contribution >= 0.6 is 11.3 Å². The Morgan fingerprint density at radius 3 is 2.73 bits per heavy atom. The molecule has 0 aliphatic carbocycles. The van der Waals surface area contributed by atoms with E-state index < -0.39 is 0 Å². The molecule has 0 saturated carbocycles. The van der Waals surface area contributed by atoms with Gasteiger partial charge in [-0.1, -0.05) is 0 Å². The first-order valence-electron chi connectivity index (χ1n) is 7.65. The predicted octanol–water partition coefficient (Wildman–Crippen LogP) is 1.72. The maximum absolute atomic E-state index is 12.3. The molecule has 1 N–H and O–H groups in total. The number of thiophene rings is 1. The number of nitrogens with zero attached hydrogens (tertiary/aromatic N) is 2. The molecule has 6 heteroatoms. The van der Waals surface area contributed by atoms with E-state index in [0.29, 0.717) is 19.5 Å². The lowest BCUT2D eigenvalue weighted by atomic mass is 10.1. The molecular formula is C16H25N3O2S. The second kappa shape index (κ2) is 7.24. The first-order valence-corrected chi connectivity index (χ1v) is 8.60. The Labute approximate surface area is 136 Å². The molecule has 1 aromatic rings. The lowest BCUT2D eigenvalue weighted by Gasteiger charge is -2.25. The second-order valence-corrected chi connectivity index (χ2v) is 7.10. The Morgan fingerprint density at radius 2 is 2.23 bits per heavy atom. The second-order valence-electron chi connectivity index (χ2n) is 6.32. The number of likely N-dealkylation sites (N-methyl/N-ethyl adjacent to an activating group) is 1. The summed E-state index contributed by atoms with van der Waals surface area (Å²) < 4.78 is 0. The van der Waals surface area contributed by atoms with Gasteiger partial charge in [-0.2, -0.15) is 11.3 Å². The van der Waals surface area contributed by atoms with Gasteiger partial charge >= 0.3 is 0 Å². The van der Waals surface area contributed by atoms with Crippen LogP contribution in [0, 0.1) is 5.92 Å². The molecule has 22 heavy (non-hydrogen) atoms. The van der Waals surface area contributed by atoms with Gasteiger partial charge in [0.2, 0.25) is 11.8 Å². The molecule has 122 valence electrons. The minimum absolute atomic E-state index is 0.0152. The van der Waals surface area contributed by atoms with Crippen LogP contribution in [0.1, 0.15) is 31.9 Å². The number of hydrogen-bond donors (Lipinski definition) is 1. The SMILES string of the molecule is CC(C)N1C[C@@H](C(=O)NC[C@H](c2ccsc2)N(C)C)CC1=O. The minimum atomic E-state index is -0.222. The van der Waals surface area contributed by atoms with E-state index in [1.807, 2.05) is 33.3 Å². The molecular weight excluding hydrogens is 298 g/mol. The Balaban J connectivity index is 1.91. The Bertz CT molecular complexity index is 513. The van der Waals surface area contributed by atoms with E-state index in [9.17, 15) is 9.59 Å². The van der Waals surface area contributed by atoms with Crippen molar-refractivity contribution in [1.29, 1.82) is 0 Å². The maximum atomic E-state index is 12.3. The summed E-state index contributed by atoms with van der Waals surface area (Å²) in [7, 11) is 4.02. The Kier molecular flexibility index (Phi) is 5.58. The fourth-order valence-electron chi connectivity index (χ4n) is 2.81. The molecule has 0 unspecified atom stereocenters. The van der Waals surface area contributed by atoms with Crippen molar-refractivity contribution in [2.75, 3.05) is 27.2 Å². The summed E-state index contributed by atoms with van der Waals surface area (Å²) in [6.45, 7) is 5.07. The topological polar surface area (TPSA) is 52.7 Å². The summed E-state index contributed by atoms with van der Waals surface area (Å²) in [5.74, 6) is -0.157. The molecule has 0 spiro atoms. The van der Waals surface area contributed by atoms with Gasteiger partial charge in [0.15, 0.2) is 0 Å². The maximum Gasteiger partial charge on any atom is 0.225 e. The fraction of sp³-hybridized carbons (Fsp3) is 0.625. The smallest absolute Gasteiger partial charge is 0.225 e. The highest BCUT2D eigenvalue weighted by Crippen LogP contribution is 2.22. The monoisotopic (exact) mass is 323 g/mol. The lowest BCUT2D eigenvalue weighted by molar-refractivity contribution is -0.130. The van der Waals surface area contributed by atoms with Gasteiger partial charge in [0.05, 0.1) is 12.0 Å². The summed E-state index contributed by atoms with van der Waals surface area (Å²) in [6.07, 6.45) is 0.328. The van der Waals surface area contributed by atoms with Crippen LogP contribution in [-0.4, -0.2) is 54.8 Å². The van der Waals surface area contributed by atoms with Crippen LogP contribution in [0.4, 0.5) is 0 Å². The van der Waals surface area contributed by atoms with Crippen molar-refractivity contribution in [3.63, 3.8) is 0 Å².